The normalized spacial score (nSPS) is 19.6. The van der Waals surface area contributed by atoms with Gasteiger partial charge in [-0.25, -0.2) is 0 Å². The Morgan fingerprint density at radius 2 is 2.00 bits per heavy atom. The van der Waals surface area contributed by atoms with E-state index < -0.39 is 5.79 Å². The van der Waals surface area contributed by atoms with Gasteiger partial charge in [0.25, 0.3) is 0 Å². The van der Waals surface area contributed by atoms with Gasteiger partial charge in [0.05, 0.1) is 20.3 Å². The van der Waals surface area contributed by atoms with Gasteiger partial charge in [-0.15, -0.1) is 0 Å². The maximum atomic E-state index is 5.55. The highest BCUT2D eigenvalue weighted by molar-refractivity contribution is 5.31. The molecule has 0 atom stereocenters. The monoisotopic (exact) mass is 194 g/mol. The predicted octanol–water partition coefficient (Wildman–Crippen LogP) is 1.91. The Bertz CT molecular complexity index is 316. The summed E-state index contributed by atoms with van der Waals surface area (Å²) < 4.78 is 16.2. The third-order valence-electron chi connectivity index (χ3n) is 2.43. The van der Waals surface area contributed by atoms with Gasteiger partial charge in [0.2, 0.25) is 0 Å². The molecule has 2 rings (SSSR count). The molecule has 1 aliphatic rings. The van der Waals surface area contributed by atoms with Crippen molar-refractivity contribution in [1.82, 2.24) is 0 Å². The van der Waals surface area contributed by atoms with Crippen LogP contribution in [0.1, 0.15) is 12.5 Å². The van der Waals surface area contributed by atoms with Crippen molar-refractivity contribution in [2.24, 2.45) is 0 Å². The molecule has 3 nitrogen and oxygen atoms in total. The minimum atomic E-state index is -0.603. The lowest BCUT2D eigenvalue weighted by Crippen LogP contribution is -2.22. The van der Waals surface area contributed by atoms with Crippen LogP contribution in [-0.4, -0.2) is 20.3 Å². The number of ether oxygens (including phenoxy) is 3. The molecule has 0 bridgehead atoms. The van der Waals surface area contributed by atoms with E-state index >= 15 is 0 Å². The molecular formula is C11H14O3. The van der Waals surface area contributed by atoms with Crippen molar-refractivity contribution in [2.75, 3.05) is 20.3 Å². The van der Waals surface area contributed by atoms with Crippen molar-refractivity contribution in [3.8, 4) is 5.75 Å². The molecule has 76 valence electrons. The Morgan fingerprint density at radius 1 is 1.29 bits per heavy atom. The fourth-order valence-corrected chi connectivity index (χ4v) is 1.59. The molecule has 1 saturated heterocycles. The fraction of sp³-hybridized carbons (Fsp3) is 0.455. The van der Waals surface area contributed by atoms with Gasteiger partial charge in [-0.05, 0) is 19.1 Å². The number of methoxy groups -OCH3 is 1. The summed E-state index contributed by atoms with van der Waals surface area (Å²) in [5.41, 5.74) is 0.995. The summed E-state index contributed by atoms with van der Waals surface area (Å²) in [6, 6.07) is 7.76. The predicted molar refractivity (Wildman–Crippen MR) is 52.3 cm³/mol. The molecule has 0 aromatic heterocycles. The highest BCUT2D eigenvalue weighted by Crippen LogP contribution is 2.32. The molecule has 1 aromatic carbocycles. The number of rotatable bonds is 2. The van der Waals surface area contributed by atoms with Gasteiger partial charge in [-0.1, -0.05) is 12.1 Å². The van der Waals surface area contributed by atoms with Gasteiger partial charge in [0, 0.05) is 5.56 Å². The number of hydrogen-bond donors (Lipinski definition) is 0. The summed E-state index contributed by atoms with van der Waals surface area (Å²) >= 11 is 0. The summed E-state index contributed by atoms with van der Waals surface area (Å²) in [5, 5.41) is 0. The molecule has 1 aromatic rings. The Labute approximate surface area is 83.6 Å². The van der Waals surface area contributed by atoms with Crippen LogP contribution < -0.4 is 4.74 Å². The second kappa shape index (κ2) is 3.59. The molecule has 0 spiro atoms. The zero-order valence-electron chi connectivity index (χ0n) is 8.45. The topological polar surface area (TPSA) is 27.7 Å². The molecule has 0 N–H and O–H groups in total. The first-order valence-electron chi connectivity index (χ1n) is 4.67. The first-order valence-corrected chi connectivity index (χ1v) is 4.67. The van der Waals surface area contributed by atoms with Gasteiger partial charge in [-0.2, -0.15) is 0 Å². The summed E-state index contributed by atoms with van der Waals surface area (Å²) in [6.45, 7) is 3.22. The molecule has 0 aliphatic carbocycles. The molecule has 3 heteroatoms. The Balaban J connectivity index is 2.30. The van der Waals surface area contributed by atoms with Crippen LogP contribution in [0.15, 0.2) is 24.3 Å². The van der Waals surface area contributed by atoms with Gasteiger partial charge in [-0.3, -0.25) is 0 Å². The zero-order valence-corrected chi connectivity index (χ0v) is 8.45. The number of hydrogen-bond acceptors (Lipinski definition) is 3. The van der Waals surface area contributed by atoms with E-state index in [9.17, 15) is 0 Å². The minimum absolute atomic E-state index is 0.603. The average Bonchev–Trinajstić information content (AvgIpc) is 2.67. The third-order valence-corrected chi connectivity index (χ3v) is 2.43. The highest BCUT2D eigenvalue weighted by atomic mass is 16.7. The second-order valence-corrected chi connectivity index (χ2v) is 3.37. The third kappa shape index (κ3) is 1.61. The standard InChI is InChI=1S/C11H14O3/c1-11(13-6-7-14-11)9-4-3-5-10(8-9)12-2/h3-5,8H,6-7H2,1-2H3. The van der Waals surface area contributed by atoms with E-state index in [1.54, 1.807) is 7.11 Å². The van der Waals surface area contributed by atoms with Crippen LogP contribution >= 0.6 is 0 Å². The smallest absolute Gasteiger partial charge is 0.192 e. The zero-order chi connectivity index (χ0) is 10.0. The highest BCUT2D eigenvalue weighted by Gasteiger charge is 2.33. The SMILES string of the molecule is COc1cccc(C2(C)OCCO2)c1. The average molecular weight is 194 g/mol. The van der Waals surface area contributed by atoms with Crippen LogP contribution in [0.5, 0.6) is 5.75 Å². The van der Waals surface area contributed by atoms with E-state index in [1.165, 1.54) is 0 Å². The van der Waals surface area contributed by atoms with E-state index in [-0.39, 0.29) is 0 Å². The van der Waals surface area contributed by atoms with E-state index in [0.717, 1.165) is 11.3 Å². The molecule has 1 heterocycles. The lowest BCUT2D eigenvalue weighted by molar-refractivity contribution is -0.149. The van der Waals surface area contributed by atoms with Crippen LogP contribution in [0, 0.1) is 0 Å². The summed E-state index contributed by atoms with van der Waals surface area (Å²) in [5.74, 6) is 0.219. The second-order valence-electron chi connectivity index (χ2n) is 3.37. The van der Waals surface area contributed by atoms with E-state index in [4.69, 9.17) is 14.2 Å². The molecule has 14 heavy (non-hydrogen) atoms. The molecule has 1 fully saturated rings. The lowest BCUT2D eigenvalue weighted by Gasteiger charge is -2.22. The van der Waals surface area contributed by atoms with Crippen molar-refractivity contribution < 1.29 is 14.2 Å². The summed E-state index contributed by atoms with van der Waals surface area (Å²) in [4.78, 5) is 0. The van der Waals surface area contributed by atoms with Gasteiger partial charge in [0.15, 0.2) is 5.79 Å². The Hall–Kier alpha value is -1.06. The van der Waals surface area contributed by atoms with Crippen LogP contribution in [0.4, 0.5) is 0 Å². The summed E-state index contributed by atoms with van der Waals surface area (Å²) in [7, 11) is 1.65. The molecule has 0 amide bonds. The Kier molecular flexibility index (Phi) is 2.44. The quantitative estimate of drug-likeness (QED) is 0.719. The number of benzene rings is 1. The van der Waals surface area contributed by atoms with Crippen molar-refractivity contribution in [1.29, 1.82) is 0 Å². The lowest BCUT2D eigenvalue weighted by atomic mass is 10.1. The van der Waals surface area contributed by atoms with E-state index in [1.807, 2.05) is 31.2 Å². The van der Waals surface area contributed by atoms with Gasteiger partial charge >= 0.3 is 0 Å². The van der Waals surface area contributed by atoms with Crippen LogP contribution in [0.2, 0.25) is 0 Å². The van der Waals surface area contributed by atoms with Gasteiger partial charge in [0.1, 0.15) is 5.75 Å². The van der Waals surface area contributed by atoms with Crippen LogP contribution in [0.3, 0.4) is 0 Å². The van der Waals surface area contributed by atoms with Crippen molar-refractivity contribution >= 4 is 0 Å². The molecular weight excluding hydrogens is 180 g/mol. The first kappa shape index (κ1) is 9.49. The maximum absolute atomic E-state index is 5.55. The first-order chi connectivity index (χ1) is 6.74. The van der Waals surface area contributed by atoms with Crippen molar-refractivity contribution in [3.05, 3.63) is 29.8 Å². The van der Waals surface area contributed by atoms with Crippen molar-refractivity contribution in [2.45, 2.75) is 12.7 Å². The molecule has 0 unspecified atom stereocenters. The minimum Gasteiger partial charge on any atom is -0.497 e. The largest absolute Gasteiger partial charge is 0.497 e. The maximum Gasteiger partial charge on any atom is 0.192 e. The van der Waals surface area contributed by atoms with E-state index in [0.29, 0.717) is 13.2 Å². The van der Waals surface area contributed by atoms with Gasteiger partial charge < -0.3 is 14.2 Å². The molecule has 0 saturated carbocycles. The molecule has 1 aliphatic heterocycles. The Morgan fingerprint density at radius 3 is 2.64 bits per heavy atom. The fourth-order valence-electron chi connectivity index (χ4n) is 1.59. The van der Waals surface area contributed by atoms with Crippen LogP contribution in [0.25, 0.3) is 0 Å². The molecule has 0 radical (unpaired) electrons. The van der Waals surface area contributed by atoms with E-state index in [2.05, 4.69) is 0 Å². The van der Waals surface area contributed by atoms with Crippen molar-refractivity contribution in [3.63, 3.8) is 0 Å². The van der Waals surface area contributed by atoms with Crippen LogP contribution in [-0.2, 0) is 15.3 Å². The summed E-state index contributed by atoms with van der Waals surface area (Å²) in [6.07, 6.45) is 0.